The van der Waals surface area contributed by atoms with Crippen LogP contribution in [0.5, 0.6) is 11.6 Å². The van der Waals surface area contributed by atoms with Gasteiger partial charge in [-0.15, -0.1) is 0 Å². The van der Waals surface area contributed by atoms with Crippen molar-refractivity contribution in [3.05, 3.63) is 65.4 Å². The number of benzene rings is 1. The van der Waals surface area contributed by atoms with Crippen molar-refractivity contribution in [2.75, 3.05) is 6.54 Å². The zero-order valence-corrected chi connectivity index (χ0v) is 17.2. The second-order valence-corrected chi connectivity index (χ2v) is 7.23. The van der Waals surface area contributed by atoms with Gasteiger partial charge < -0.3 is 25.3 Å². The first-order valence-electron chi connectivity index (χ1n) is 10.0. The normalized spacial score (nSPS) is 16.7. The van der Waals surface area contributed by atoms with Gasteiger partial charge >= 0.3 is 5.97 Å². The summed E-state index contributed by atoms with van der Waals surface area (Å²) in [5.41, 5.74) is 2.07. The van der Waals surface area contributed by atoms with Crippen LogP contribution >= 0.6 is 0 Å². The molecule has 1 heterocycles. The molecule has 1 aromatic carbocycles. The van der Waals surface area contributed by atoms with E-state index in [1.807, 2.05) is 6.08 Å². The molecule has 0 saturated carbocycles. The average Bonchev–Trinajstić information content (AvgIpc) is 2.78. The van der Waals surface area contributed by atoms with E-state index in [2.05, 4.69) is 10.3 Å². The van der Waals surface area contributed by atoms with E-state index in [1.165, 1.54) is 13.1 Å². The van der Waals surface area contributed by atoms with Crippen molar-refractivity contribution in [3.8, 4) is 11.6 Å². The molecule has 0 aliphatic heterocycles. The van der Waals surface area contributed by atoms with Gasteiger partial charge in [0, 0.05) is 19.0 Å². The molecule has 1 aliphatic rings. The van der Waals surface area contributed by atoms with Crippen LogP contribution in [0, 0.1) is 5.41 Å². The molecule has 8 heteroatoms. The number of amides is 1. The third kappa shape index (κ3) is 6.23. The number of carboxylic acids is 1. The first-order valence-corrected chi connectivity index (χ1v) is 10.0. The standard InChI is InChI=1S/C23H25N3O5/c1-15(23(28)29)30-18-9-7-16(8-10-18)14-26-21(27)20-6-3-11-25-22(20)31-19-5-2-4-17(12-19)13-24/h2-7,11-13,15,18,24H,8-10,14H2,1H3,(H,26,27)(H,28,29)/t15-,18?/m1/s1. The monoisotopic (exact) mass is 423 g/mol. The molecule has 0 saturated heterocycles. The number of nitrogens with one attached hydrogen (secondary N) is 2. The highest BCUT2D eigenvalue weighted by Gasteiger charge is 2.21. The van der Waals surface area contributed by atoms with Crippen LogP contribution in [0.3, 0.4) is 0 Å². The number of ether oxygens (including phenoxy) is 2. The number of rotatable bonds is 9. The number of aromatic nitrogens is 1. The predicted octanol–water partition coefficient (Wildman–Crippen LogP) is 3.57. The van der Waals surface area contributed by atoms with Crippen LogP contribution in [0.2, 0.25) is 0 Å². The predicted molar refractivity (Wildman–Crippen MR) is 115 cm³/mol. The number of pyridine rings is 1. The van der Waals surface area contributed by atoms with Gasteiger partial charge in [-0.05, 0) is 56.0 Å². The quantitative estimate of drug-likeness (QED) is 0.419. The van der Waals surface area contributed by atoms with E-state index < -0.39 is 12.1 Å². The molecule has 3 N–H and O–H groups in total. The van der Waals surface area contributed by atoms with Crippen molar-refractivity contribution in [2.24, 2.45) is 0 Å². The van der Waals surface area contributed by atoms with E-state index in [9.17, 15) is 9.59 Å². The van der Waals surface area contributed by atoms with E-state index in [-0.39, 0.29) is 17.9 Å². The van der Waals surface area contributed by atoms with E-state index in [0.29, 0.717) is 36.3 Å². The van der Waals surface area contributed by atoms with Gasteiger partial charge in [-0.2, -0.15) is 0 Å². The zero-order valence-electron chi connectivity index (χ0n) is 17.2. The topological polar surface area (TPSA) is 122 Å². The highest BCUT2D eigenvalue weighted by atomic mass is 16.5. The van der Waals surface area contributed by atoms with Crippen LogP contribution < -0.4 is 10.1 Å². The molecule has 1 unspecified atom stereocenters. The molecule has 3 rings (SSSR count). The summed E-state index contributed by atoms with van der Waals surface area (Å²) in [7, 11) is 0. The molecular formula is C23H25N3O5. The van der Waals surface area contributed by atoms with Crippen molar-refractivity contribution in [1.29, 1.82) is 5.41 Å². The van der Waals surface area contributed by atoms with Gasteiger partial charge in [0.1, 0.15) is 11.3 Å². The molecular weight excluding hydrogens is 398 g/mol. The number of hydrogen-bond acceptors (Lipinski definition) is 6. The van der Waals surface area contributed by atoms with Crippen LogP contribution in [0.4, 0.5) is 0 Å². The van der Waals surface area contributed by atoms with Gasteiger partial charge in [-0.3, -0.25) is 4.79 Å². The fourth-order valence-corrected chi connectivity index (χ4v) is 3.21. The van der Waals surface area contributed by atoms with Crippen molar-refractivity contribution < 1.29 is 24.2 Å². The molecule has 2 aromatic rings. The summed E-state index contributed by atoms with van der Waals surface area (Å²) in [6.45, 7) is 1.91. The Morgan fingerprint density at radius 1 is 1.35 bits per heavy atom. The Hall–Kier alpha value is -3.52. The SMILES string of the molecule is C[C@@H](OC1CC=C(CNC(=O)c2cccnc2Oc2cccc(C=N)c2)CC1)C(=O)O. The molecule has 1 aliphatic carbocycles. The van der Waals surface area contributed by atoms with Crippen molar-refractivity contribution in [3.63, 3.8) is 0 Å². The third-order valence-electron chi connectivity index (χ3n) is 4.93. The molecule has 0 spiro atoms. The van der Waals surface area contributed by atoms with Gasteiger partial charge in [0.2, 0.25) is 5.88 Å². The minimum atomic E-state index is -0.971. The molecule has 8 nitrogen and oxygen atoms in total. The molecule has 2 atom stereocenters. The minimum absolute atomic E-state index is 0.124. The van der Waals surface area contributed by atoms with E-state index in [4.69, 9.17) is 20.0 Å². The highest BCUT2D eigenvalue weighted by Crippen LogP contribution is 2.24. The molecule has 162 valence electrons. The molecule has 0 radical (unpaired) electrons. The Morgan fingerprint density at radius 2 is 2.19 bits per heavy atom. The van der Waals surface area contributed by atoms with Crippen LogP contribution in [-0.2, 0) is 9.53 Å². The molecule has 1 aromatic heterocycles. The Bertz CT molecular complexity index is 989. The summed E-state index contributed by atoms with van der Waals surface area (Å²) in [6.07, 6.45) is 5.86. The maximum atomic E-state index is 12.7. The second kappa shape index (κ2) is 10.5. The minimum Gasteiger partial charge on any atom is -0.479 e. The smallest absolute Gasteiger partial charge is 0.332 e. The van der Waals surface area contributed by atoms with Crippen LogP contribution in [-0.4, -0.2) is 46.9 Å². The Labute approximate surface area is 180 Å². The first-order chi connectivity index (χ1) is 15.0. The fraction of sp³-hybridized carbons (Fsp3) is 0.304. The summed E-state index contributed by atoms with van der Waals surface area (Å²) in [4.78, 5) is 27.8. The summed E-state index contributed by atoms with van der Waals surface area (Å²) in [6, 6.07) is 10.3. The molecule has 1 amide bonds. The lowest BCUT2D eigenvalue weighted by molar-refractivity contribution is -0.153. The van der Waals surface area contributed by atoms with Crippen molar-refractivity contribution in [1.82, 2.24) is 10.3 Å². The van der Waals surface area contributed by atoms with Gasteiger partial charge in [-0.1, -0.05) is 23.8 Å². The summed E-state index contributed by atoms with van der Waals surface area (Å²) < 4.78 is 11.3. The van der Waals surface area contributed by atoms with Gasteiger partial charge in [0.15, 0.2) is 6.10 Å². The number of hydrogen-bond donors (Lipinski definition) is 3. The number of aliphatic carboxylic acids is 1. The number of carbonyl (C=O) groups is 2. The van der Waals surface area contributed by atoms with Gasteiger partial charge in [0.05, 0.1) is 6.10 Å². The Morgan fingerprint density at radius 3 is 2.90 bits per heavy atom. The molecule has 0 fully saturated rings. The number of carbonyl (C=O) groups excluding carboxylic acids is 1. The Kier molecular flexibility index (Phi) is 7.50. The van der Waals surface area contributed by atoms with E-state index in [1.54, 1.807) is 42.6 Å². The van der Waals surface area contributed by atoms with E-state index >= 15 is 0 Å². The summed E-state index contributed by atoms with van der Waals surface area (Å²) in [5.74, 6) is -0.590. The number of carboxylic acid groups (broad SMARTS) is 1. The van der Waals surface area contributed by atoms with Crippen LogP contribution in [0.25, 0.3) is 0 Å². The lowest BCUT2D eigenvalue weighted by atomic mass is 9.97. The second-order valence-electron chi connectivity index (χ2n) is 7.23. The maximum Gasteiger partial charge on any atom is 0.332 e. The average molecular weight is 423 g/mol. The van der Waals surface area contributed by atoms with Crippen molar-refractivity contribution in [2.45, 2.75) is 38.4 Å². The van der Waals surface area contributed by atoms with Crippen molar-refractivity contribution >= 4 is 18.1 Å². The highest BCUT2D eigenvalue weighted by molar-refractivity contribution is 5.96. The zero-order chi connectivity index (χ0) is 22.2. The molecule has 31 heavy (non-hydrogen) atoms. The van der Waals surface area contributed by atoms with E-state index in [0.717, 1.165) is 12.0 Å². The molecule has 0 bridgehead atoms. The summed E-state index contributed by atoms with van der Waals surface area (Å²) >= 11 is 0. The van der Waals surface area contributed by atoms with Crippen LogP contribution in [0.1, 0.15) is 42.1 Å². The van der Waals surface area contributed by atoms with Gasteiger partial charge in [0.25, 0.3) is 5.91 Å². The fourth-order valence-electron chi connectivity index (χ4n) is 3.21. The maximum absolute atomic E-state index is 12.7. The van der Waals surface area contributed by atoms with Gasteiger partial charge in [-0.25, -0.2) is 9.78 Å². The lowest BCUT2D eigenvalue weighted by Gasteiger charge is -2.24. The van der Waals surface area contributed by atoms with Crippen LogP contribution in [0.15, 0.2) is 54.2 Å². The first kappa shape index (κ1) is 22.2. The summed E-state index contributed by atoms with van der Waals surface area (Å²) in [5, 5.41) is 19.2. The largest absolute Gasteiger partial charge is 0.479 e. The number of nitrogens with zero attached hydrogens (tertiary/aromatic N) is 1. The Balaban J connectivity index is 1.58. The lowest BCUT2D eigenvalue weighted by Crippen LogP contribution is -2.30. The third-order valence-corrected chi connectivity index (χ3v) is 4.93.